The molecule has 3 rings (SSSR count). The number of benzene rings is 2. The molecule has 0 aliphatic heterocycles. The van der Waals surface area contributed by atoms with Gasteiger partial charge >= 0.3 is 5.97 Å². The van der Waals surface area contributed by atoms with E-state index in [2.05, 4.69) is 10.4 Å². The number of aromatic nitrogens is 2. The van der Waals surface area contributed by atoms with Crippen LogP contribution in [0.4, 0.5) is 4.39 Å². The molecule has 3 aromatic rings. The second-order valence-corrected chi connectivity index (χ2v) is 8.32. The maximum absolute atomic E-state index is 13.1. The van der Waals surface area contributed by atoms with Gasteiger partial charge in [0.2, 0.25) is 5.91 Å². The van der Waals surface area contributed by atoms with E-state index in [1.807, 2.05) is 13.8 Å². The van der Waals surface area contributed by atoms with Gasteiger partial charge in [-0.25, -0.2) is 9.07 Å². The number of hydrogen-bond donors (Lipinski definition) is 2. The Kier molecular flexibility index (Phi) is 8.35. The molecule has 9 heteroatoms. The van der Waals surface area contributed by atoms with Crippen LogP contribution in [0.15, 0.2) is 48.5 Å². The molecule has 1 aromatic heterocycles. The van der Waals surface area contributed by atoms with E-state index in [-0.39, 0.29) is 30.7 Å². The average Bonchev–Trinajstić information content (AvgIpc) is 3.14. The SMILES string of the molecule is COC(=O)CCc1c(C)nn(-c2ccc(C(=O)NCC(Cc3ccc(F)cc3)C(N)=O)cc2)c1C. The first-order valence-corrected chi connectivity index (χ1v) is 11.2. The second-order valence-electron chi connectivity index (χ2n) is 8.32. The van der Waals surface area contributed by atoms with Crippen molar-refractivity contribution < 1.29 is 23.5 Å². The Balaban J connectivity index is 1.65. The van der Waals surface area contributed by atoms with E-state index in [1.165, 1.54) is 19.2 Å². The van der Waals surface area contributed by atoms with Gasteiger partial charge in [0.05, 0.1) is 24.4 Å². The van der Waals surface area contributed by atoms with Crippen molar-refractivity contribution in [3.8, 4) is 5.69 Å². The van der Waals surface area contributed by atoms with Crippen LogP contribution in [0.3, 0.4) is 0 Å². The Morgan fingerprint density at radius 2 is 1.74 bits per heavy atom. The highest BCUT2D eigenvalue weighted by molar-refractivity contribution is 5.94. The van der Waals surface area contributed by atoms with Gasteiger partial charge in [-0.1, -0.05) is 12.1 Å². The number of ether oxygens (including phenoxy) is 1. The second kappa shape index (κ2) is 11.4. The number of nitrogens with one attached hydrogen (secondary N) is 1. The zero-order valence-corrected chi connectivity index (χ0v) is 20.0. The van der Waals surface area contributed by atoms with Gasteiger partial charge in [0, 0.05) is 24.2 Å². The number of nitrogens with two attached hydrogens (primary N) is 1. The lowest BCUT2D eigenvalue weighted by Crippen LogP contribution is -2.37. The zero-order valence-electron chi connectivity index (χ0n) is 20.0. The summed E-state index contributed by atoms with van der Waals surface area (Å²) in [4.78, 5) is 36.0. The molecule has 8 nitrogen and oxygen atoms in total. The predicted octanol–water partition coefficient (Wildman–Crippen LogP) is 2.81. The third kappa shape index (κ3) is 6.53. The molecule has 1 atom stereocenters. The van der Waals surface area contributed by atoms with E-state index in [0.29, 0.717) is 18.4 Å². The van der Waals surface area contributed by atoms with Crippen molar-refractivity contribution in [3.63, 3.8) is 0 Å². The van der Waals surface area contributed by atoms with Crippen molar-refractivity contribution in [1.82, 2.24) is 15.1 Å². The molecule has 0 saturated heterocycles. The van der Waals surface area contributed by atoms with Crippen molar-refractivity contribution >= 4 is 17.8 Å². The Morgan fingerprint density at radius 1 is 1.09 bits per heavy atom. The maximum Gasteiger partial charge on any atom is 0.305 e. The number of carbonyl (C=O) groups is 3. The molecule has 0 fully saturated rings. The Bertz CT molecular complexity index is 1200. The number of esters is 1. The summed E-state index contributed by atoms with van der Waals surface area (Å²) < 4.78 is 19.6. The van der Waals surface area contributed by atoms with Gasteiger partial charge in [0.15, 0.2) is 0 Å². The molecule has 0 radical (unpaired) electrons. The predicted molar refractivity (Wildman–Crippen MR) is 128 cm³/mol. The molecule has 0 bridgehead atoms. The summed E-state index contributed by atoms with van der Waals surface area (Å²) in [6, 6.07) is 12.7. The maximum atomic E-state index is 13.1. The Hall–Kier alpha value is -4.01. The molecule has 0 saturated carbocycles. The first kappa shape index (κ1) is 25.6. The quantitative estimate of drug-likeness (QED) is 0.433. The molecule has 184 valence electrons. The smallest absolute Gasteiger partial charge is 0.305 e. The lowest BCUT2D eigenvalue weighted by molar-refractivity contribution is -0.140. The van der Waals surface area contributed by atoms with E-state index in [1.54, 1.807) is 41.1 Å². The van der Waals surface area contributed by atoms with Crippen molar-refractivity contribution in [2.45, 2.75) is 33.1 Å². The van der Waals surface area contributed by atoms with Gasteiger partial charge in [0.25, 0.3) is 5.91 Å². The molecular weight excluding hydrogens is 451 g/mol. The molecular formula is C26H29FN4O4. The number of primary amides is 1. The van der Waals surface area contributed by atoms with Crippen molar-refractivity contribution in [3.05, 3.63) is 82.4 Å². The normalized spacial score (nSPS) is 11.7. The highest BCUT2D eigenvalue weighted by Crippen LogP contribution is 2.20. The summed E-state index contributed by atoms with van der Waals surface area (Å²) in [6.07, 6.45) is 1.10. The summed E-state index contributed by atoms with van der Waals surface area (Å²) >= 11 is 0. The third-order valence-electron chi connectivity index (χ3n) is 5.93. The zero-order chi connectivity index (χ0) is 25.5. The highest BCUT2D eigenvalue weighted by Gasteiger charge is 2.19. The van der Waals surface area contributed by atoms with Gasteiger partial charge in [-0.2, -0.15) is 5.10 Å². The van der Waals surface area contributed by atoms with Gasteiger partial charge in [0.1, 0.15) is 5.82 Å². The first-order valence-electron chi connectivity index (χ1n) is 11.2. The Morgan fingerprint density at radius 3 is 2.34 bits per heavy atom. The van der Waals surface area contributed by atoms with E-state index in [0.717, 1.165) is 28.2 Å². The summed E-state index contributed by atoms with van der Waals surface area (Å²) in [5.41, 5.74) is 10.2. The van der Waals surface area contributed by atoms with Gasteiger partial charge < -0.3 is 15.8 Å². The first-order chi connectivity index (χ1) is 16.7. The number of methoxy groups -OCH3 is 1. The molecule has 1 unspecified atom stereocenters. The number of nitrogens with zero attached hydrogens (tertiary/aromatic N) is 2. The minimum absolute atomic E-state index is 0.0638. The standard InChI is InChI=1S/C26H29FN4O4/c1-16-23(12-13-24(32)35-3)17(2)31(30-16)22-10-6-19(7-11-22)26(34)29-15-20(25(28)33)14-18-4-8-21(27)9-5-18/h4-11,20H,12-15H2,1-3H3,(H2,28,33)(H,29,34). The minimum atomic E-state index is -0.623. The molecule has 2 aromatic carbocycles. The minimum Gasteiger partial charge on any atom is -0.469 e. The van der Waals surface area contributed by atoms with Gasteiger partial charge in [-0.3, -0.25) is 14.4 Å². The summed E-state index contributed by atoms with van der Waals surface area (Å²) in [5.74, 6) is -2.14. The third-order valence-corrected chi connectivity index (χ3v) is 5.93. The van der Waals surface area contributed by atoms with Crippen LogP contribution >= 0.6 is 0 Å². The van der Waals surface area contributed by atoms with Crippen molar-refractivity contribution in [1.29, 1.82) is 0 Å². The number of aryl methyl sites for hydroxylation is 1. The molecule has 0 aliphatic carbocycles. The molecule has 2 amide bonds. The lowest BCUT2D eigenvalue weighted by atomic mass is 9.98. The van der Waals surface area contributed by atoms with E-state index >= 15 is 0 Å². The van der Waals surface area contributed by atoms with Crippen LogP contribution in [-0.4, -0.2) is 41.2 Å². The van der Waals surface area contributed by atoms with Crippen LogP contribution in [0.2, 0.25) is 0 Å². The summed E-state index contributed by atoms with van der Waals surface area (Å²) in [5, 5.41) is 7.32. The number of halogens is 1. The Labute approximate surface area is 203 Å². The van der Waals surface area contributed by atoms with Crippen LogP contribution in [0.5, 0.6) is 0 Å². The summed E-state index contributed by atoms with van der Waals surface area (Å²) in [7, 11) is 1.36. The topological polar surface area (TPSA) is 116 Å². The fourth-order valence-corrected chi connectivity index (χ4v) is 3.87. The monoisotopic (exact) mass is 480 g/mol. The number of rotatable bonds is 10. The highest BCUT2D eigenvalue weighted by atomic mass is 19.1. The number of carbonyl (C=O) groups excluding carboxylic acids is 3. The molecule has 35 heavy (non-hydrogen) atoms. The van der Waals surface area contributed by atoms with Crippen LogP contribution in [-0.2, 0) is 27.2 Å². The van der Waals surface area contributed by atoms with Crippen LogP contribution in [0, 0.1) is 25.6 Å². The fourth-order valence-electron chi connectivity index (χ4n) is 3.87. The van der Waals surface area contributed by atoms with Crippen molar-refractivity contribution in [2.24, 2.45) is 11.7 Å². The number of hydrogen-bond acceptors (Lipinski definition) is 5. The largest absolute Gasteiger partial charge is 0.469 e. The number of amides is 2. The van der Waals surface area contributed by atoms with Gasteiger partial charge in [-0.05, 0) is 74.2 Å². The molecule has 1 heterocycles. The van der Waals surface area contributed by atoms with Crippen molar-refractivity contribution in [2.75, 3.05) is 13.7 Å². The van der Waals surface area contributed by atoms with E-state index < -0.39 is 11.8 Å². The fraction of sp³-hybridized carbons (Fsp3) is 0.308. The molecule has 0 aliphatic rings. The van der Waals surface area contributed by atoms with Crippen LogP contribution in [0.25, 0.3) is 5.69 Å². The van der Waals surface area contributed by atoms with E-state index in [9.17, 15) is 18.8 Å². The molecule has 0 spiro atoms. The van der Waals surface area contributed by atoms with Crippen LogP contribution in [0.1, 0.15) is 39.3 Å². The molecule has 3 N–H and O–H groups in total. The van der Waals surface area contributed by atoms with Crippen LogP contribution < -0.4 is 11.1 Å². The lowest BCUT2D eigenvalue weighted by Gasteiger charge is -2.15. The summed E-state index contributed by atoms with van der Waals surface area (Å²) in [6.45, 7) is 3.88. The average molecular weight is 481 g/mol. The van der Waals surface area contributed by atoms with Gasteiger partial charge in [-0.15, -0.1) is 0 Å². The van der Waals surface area contributed by atoms with E-state index in [4.69, 9.17) is 10.5 Å².